The first-order valence-electron chi connectivity index (χ1n) is 7.39. The van der Waals surface area contributed by atoms with Gasteiger partial charge in [-0.3, -0.25) is 0 Å². The summed E-state index contributed by atoms with van der Waals surface area (Å²) >= 11 is 0. The van der Waals surface area contributed by atoms with Crippen LogP contribution in [-0.2, 0) is 6.54 Å². The Bertz CT molecular complexity index is 358. The number of nitrogens with two attached hydrogens (primary N) is 1. The summed E-state index contributed by atoms with van der Waals surface area (Å²) < 4.78 is 0. The Morgan fingerprint density at radius 2 is 1.85 bits per heavy atom. The molecule has 0 saturated heterocycles. The quantitative estimate of drug-likeness (QED) is 0.386. The predicted molar refractivity (Wildman–Crippen MR) is 84.2 cm³/mol. The first kappa shape index (κ1) is 17.2. The highest BCUT2D eigenvalue weighted by molar-refractivity contribution is 6.40. The van der Waals surface area contributed by atoms with E-state index in [9.17, 15) is 0 Å². The molecular formula is C15H27BN2O2. The van der Waals surface area contributed by atoms with Crippen LogP contribution in [0.5, 0.6) is 0 Å². The maximum Gasteiger partial charge on any atom is 0.451 e. The van der Waals surface area contributed by atoms with Crippen molar-refractivity contribution < 1.29 is 10.0 Å². The molecule has 0 aliphatic carbocycles. The molecule has 0 fully saturated rings. The summed E-state index contributed by atoms with van der Waals surface area (Å²) in [6.07, 6.45) is 4.00. The van der Waals surface area contributed by atoms with Crippen molar-refractivity contribution in [3.05, 3.63) is 35.9 Å². The van der Waals surface area contributed by atoms with E-state index in [0.29, 0.717) is 6.32 Å². The van der Waals surface area contributed by atoms with E-state index in [4.69, 9.17) is 15.8 Å². The van der Waals surface area contributed by atoms with Crippen molar-refractivity contribution in [1.82, 2.24) is 5.32 Å². The smallest absolute Gasteiger partial charge is 0.427 e. The number of rotatable bonds is 10. The third kappa shape index (κ3) is 8.33. The van der Waals surface area contributed by atoms with Crippen LogP contribution in [0, 0.1) is 0 Å². The van der Waals surface area contributed by atoms with Crippen molar-refractivity contribution in [1.29, 1.82) is 0 Å². The lowest BCUT2D eigenvalue weighted by molar-refractivity contribution is 0.369. The molecule has 112 valence electrons. The van der Waals surface area contributed by atoms with E-state index >= 15 is 0 Å². The number of nitrogens with one attached hydrogen (secondary N) is 1. The van der Waals surface area contributed by atoms with Crippen molar-refractivity contribution in [2.75, 3.05) is 6.54 Å². The van der Waals surface area contributed by atoms with Crippen molar-refractivity contribution in [2.45, 2.75) is 51.0 Å². The van der Waals surface area contributed by atoms with Gasteiger partial charge in [-0.2, -0.15) is 0 Å². The zero-order chi connectivity index (χ0) is 14.8. The zero-order valence-corrected chi connectivity index (χ0v) is 12.4. The van der Waals surface area contributed by atoms with Crippen LogP contribution >= 0.6 is 0 Å². The SMILES string of the molecule is CC(N)(CCCCB(O)O)CCNCc1ccccc1. The Morgan fingerprint density at radius 1 is 1.15 bits per heavy atom. The van der Waals surface area contributed by atoms with Gasteiger partial charge in [0.05, 0.1) is 0 Å². The topological polar surface area (TPSA) is 78.5 Å². The van der Waals surface area contributed by atoms with Crippen LogP contribution in [0.4, 0.5) is 0 Å². The lowest BCUT2D eigenvalue weighted by Gasteiger charge is -2.24. The highest BCUT2D eigenvalue weighted by Gasteiger charge is 2.17. The van der Waals surface area contributed by atoms with E-state index in [1.54, 1.807) is 0 Å². The largest absolute Gasteiger partial charge is 0.451 e. The van der Waals surface area contributed by atoms with Gasteiger partial charge in [0.2, 0.25) is 0 Å². The lowest BCUT2D eigenvalue weighted by atomic mass is 9.82. The number of hydrogen-bond acceptors (Lipinski definition) is 4. The van der Waals surface area contributed by atoms with Gasteiger partial charge in [0.25, 0.3) is 0 Å². The molecule has 0 bridgehead atoms. The molecule has 4 nitrogen and oxygen atoms in total. The normalized spacial score (nSPS) is 14.0. The van der Waals surface area contributed by atoms with E-state index in [1.807, 2.05) is 18.2 Å². The molecular weight excluding hydrogens is 251 g/mol. The minimum absolute atomic E-state index is 0.190. The first-order valence-corrected chi connectivity index (χ1v) is 7.39. The predicted octanol–water partition coefficient (Wildman–Crippen LogP) is 1.53. The third-order valence-electron chi connectivity index (χ3n) is 3.51. The standard InChI is InChI=1S/C15H27BN2O2/c1-15(17,9-5-6-11-16(19)20)10-12-18-13-14-7-3-2-4-8-14/h2-4,7-8,18-20H,5-6,9-13,17H2,1H3. The summed E-state index contributed by atoms with van der Waals surface area (Å²) in [6, 6.07) is 10.3. The maximum atomic E-state index is 8.78. The Morgan fingerprint density at radius 3 is 2.50 bits per heavy atom. The zero-order valence-electron chi connectivity index (χ0n) is 12.4. The molecule has 0 saturated carbocycles. The van der Waals surface area contributed by atoms with Crippen molar-refractivity contribution in [3.63, 3.8) is 0 Å². The molecule has 0 radical (unpaired) electrons. The van der Waals surface area contributed by atoms with Crippen molar-refractivity contribution in [3.8, 4) is 0 Å². The van der Waals surface area contributed by atoms with Gasteiger partial charge in [-0.15, -0.1) is 0 Å². The summed E-state index contributed by atoms with van der Waals surface area (Å²) in [7, 11) is -1.19. The van der Waals surface area contributed by atoms with E-state index in [0.717, 1.165) is 38.8 Å². The van der Waals surface area contributed by atoms with Gasteiger partial charge in [0.1, 0.15) is 0 Å². The Labute approximate surface area is 122 Å². The number of benzene rings is 1. The second-order valence-corrected chi connectivity index (χ2v) is 5.79. The molecule has 0 aromatic heterocycles. The fourth-order valence-corrected chi connectivity index (χ4v) is 2.18. The molecule has 1 atom stereocenters. The molecule has 0 heterocycles. The Hall–Kier alpha value is -0.875. The molecule has 0 amide bonds. The number of hydrogen-bond donors (Lipinski definition) is 4. The molecule has 1 unspecified atom stereocenters. The molecule has 1 rings (SSSR count). The van der Waals surface area contributed by atoms with Crippen molar-refractivity contribution in [2.24, 2.45) is 5.73 Å². The fourth-order valence-electron chi connectivity index (χ4n) is 2.18. The molecule has 5 heteroatoms. The summed E-state index contributed by atoms with van der Waals surface area (Å²) in [5, 5.41) is 21.0. The summed E-state index contributed by atoms with van der Waals surface area (Å²) in [5.74, 6) is 0. The second kappa shape index (κ2) is 9.13. The minimum atomic E-state index is -1.19. The summed E-state index contributed by atoms with van der Waals surface area (Å²) in [6.45, 7) is 3.82. The van der Waals surface area contributed by atoms with Crippen LogP contribution in [0.1, 0.15) is 38.2 Å². The van der Waals surface area contributed by atoms with Crippen LogP contribution in [0.3, 0.4) is 0 Å². The van der Waals surface area contributed by atoms with Gasteiger partial charge in [0, 0.05) is 12.1 Å². The lowest BCUT2D eigenvalue weighted by Crippen LogP contribution is -2.39. The first-order chi connectivity index (χ1) is 9.49. The molecule has 0 aliphatic rings. The molecule has 5 N–H and O–H groups in total. The van der Waals surface area contributed by atoms with Crippen LogP contribution < -0.4 is 11.1 Å². The van der Waals surface area contributed by atoms with Crippen molar-refractivity contribution >= 4 is 7.12 Å². The van der Waals surface area contributed by atoms with Crippen LogP contribution in [0.15, 0.2) is 30.3 Å². The minimum Gasteiger partial charge on any atom is -0.427 e. The molecule has 1 aromatic carbocycles. The Balaban J connectivity index is 2.10. The highest BCUT2D eigenvalue weighted by atomic mass is 16.4. The number of unbranched alkanes of at least 4 members (excludes halogenated alkanes) is 1. The monoisotopic (exact) mass is 278 g/mol. The van der Waals surface area contributed by atoms with Crippen LogP contribution in [0.2, 0.25) is 6.32 Å². The third-order valence-corrected chi connectivity index (χ3v) is 3.51. The van der Waals surface area contributed by atoms with Gasteiger partial charge in [-0.05, 0) is 38.2 Å². The average molecular weight is 278 g/mol. The molecule has 0 spiro atoms. The van der Waals surface area contributed by atoms with E-state index in [2.05, 4.69) is 24.4 Å². The highest BCUT2D eigenvalue weighted by Crippen LogP contribution is 2.15. The van der Waals surface area contributed by atoms with Crippen LogP contribution in [-0.4, -0.2) is 29.3 Å². The fraction of sp³-hybridized carbons (Fsp3) is 0.600. The van der Waals surface area contributed by atoms with E-state index in [1.165, 1.54) is 5.56 Å². The summed E-state index contributed by atoms with van der Waals surface area (Å²) in [5.41, 5.74) is 7.34. The molecule has 1 aromatic rings. The average Bonchev–Trinajstić information content (AvgIpc) is 2.41. The van der Waals surface area contributed by atoms with Gasteiger partial charge in [0.15, 0.2) is 0 Å². The van der Waals surface area contributed by atoms with Gasteiger partial charge < -0.3 is 21.1 Å². The van der Waals surface area contributed by atoms with Gasteiger partial charge >= 0.3 is 7.12 Å². The van der Waals surface area contributed by atoms with E-state index in [-0.39, 0.29) is 5.54 Å². The van der Waals surface area contributed by atoms with Crippen LogP contribution in [0.25, 0.3) is 0 Å². The second-order valence-electron chi connectivity index (χ2n) is 5.79. The molecule has 0 aliphatic heterocycles. The van der Waals surface area contributed by atoms with Gasteiger partial charge in [-0.25, -0.2) is 0 Å². The molecule has 20 heavy (non-hydrogen) atoms. The van der Waals surface area contributed by atoms with E-state index < -0.39 is 7.12 Å². The summed E-state index contributed by atoms with van der Waals surface area (Å²) in [4.78, 5) is 0. The maximum absolute atomic E-state index is 8.78. The Kier molecular flexibility index (Phi) is 7.84. The van der Waals surface area contributed by atoms with Gasteiger partial charge in [-0.1, -0.05) is 43.2 Å².